The minimum Gasteiger partial charge on any atom is -0.481 e. The first-order valence-corrected chi connectivity index (χ1v) is 6.63. The number of rotatable bonds is 3. The van der Waals surface area contributed by atoms with E-state index in [1.54, 1.807) is 13.8 Å². The summed E-state index contributed by atoms with van der Waals surface area (Å²) in [7, 11) is 0. The molecule has 4 nitrogen and oxygen atoms in total. The smallest absolute Gasteiger partial charge is 0.307 e. The molecule has 0 heterocycles. The molecule has 2 atom stereocenters. The van der Waals surface area contributed by atoms with Gasteiger partial charge in [-0.2, -0.15) is 0 Å². The lowest BCUT2D eigenvalue weighted by atomic mass is 10.1. The Balaban J connectivity index is 2.18. The quantitative estimate of drug-likeness (QED) is 0.826. The number of carbonyl (C=O) groups excluding carboxylic acids is 1. The van der Waals surface area contributed by atoms with E-state index in [0.717, 1.165) is 12.1 Å². The van der Waals surface area contributed by atoms with E-state index in [9.17, 15) is 18.4 Å². The molecule has 0 bridgehead atoms. The van der Waals surface area contributed by atoms with Crippen LogP contribution in [0, 0.1) is 28.9 Å². The fourth-order valence-electron chi connectivity index (χ4n) is 2.42. The minimum atomic E-state index is -1.07. The van der Waals surface area contributed by atoms with E-state index in [1.807, 2.05) is 0 Å². The lowest BCUT2D eigenvalue weighted by Gasteiger charge is -2.08. The van der Waals surface area contributed by atoms with Gasteiger partial charge in [0, 0.05) is 6.07 Å². The number of anilines is 1. The van der Waals surface area contributed by atoms with Crippen molar-refractivity contribution in [3.05, 3.63) is 28.2 Å². The Hall–Kier alpha value is -1.50. The van der Waals surface area contributed by atoms with Crippen molar-refractivity contribution in [2.24, 2.45) is 17.3 Å². The van der Waals surface area contributed by atoms with E-state index in [-0.39, 0.29) is 10.2 Å². The Morgan fingerprint density at radius 2 is 1.85 bits per heavy atom. The standard InChI is InChI=1S/C13H12BrF2NO3/c1-13(2)9(10(13)12(19)20)11(18)17-8-4-6(15)5(14)3-7(8)16/h3-4,9-10H,1-2H3,(H,17,18)(H,19,20). The van der Waals surface area contributed by atoms with Gasteiger partial charge in [-0.15, -0.1) is 0 Å². The first-order chi connectivity index (χ1) is 9.16. The molecule has 0 aromatic heterocycles. The highest BCUT2D eigenvalue weighted by atomic mass is 79.9. The highest BCUT2D eigenvalue weighted by molar-refractivity contribution is 9.10. The molecule has 108 valence electrons. The number of carboxylic acids is 1. The molecular weight excluding hydrogens is 336 g/mol. The SMILES string of the molecule is CC1(C)C(C(=O)O)C1C(=O)Nc1cc(F)c(Br)cc1F. The van der Waals surface area contributed by atoms with E-state index >= 15 is 0 Å². The van der Waals surface area contributed by atoms with Gasteiger partial charge in [0.2, 0.25) is 5.91 Å². The fourth-order valence-corrected chi connectivity index (χ4v) is 2.73. The van der Waals surface area contributed by atoms with Crippen LogP contribution in [0.3, 0.4) is 0 Å². The molecule has 1 saturated carbocycles. The topological polar surface area (TPSA) is 66.4 Å². The molecule has 1 aromatic carbocycles. The van der Waals surface area contributed by atoms with Crippen LogP contribution in [0.2, 0.25) is 0 Å². The van der Waals surface area contributed by atoms with Gasteiger partial charge in [0.05, 0.1) is 22.0 Å². The van der Waals surface area contributed by atoms with Gasteiger partial charge < -0.3 is 10.4 Å². The number of nitrogens with one attached hydrogen (secondary N) is 1. The van der Waals surface area contributed by atoms with Gasteiger partial charge in [-0.05, 0) is 27.4 Å². The van der Waals surface area contributed by atoms with Gasteiger partial charge in [0.1, 0.15) is 11.6 Å². The average molecular weight is 348 g/mol. The molecule has 1 aliphatic carbocycles. The van der Waals surface area contributed by atoms with Crippen LogP contribution in [-0.2, 0) is 9.59 Å². The first-order valence-electron chi connectivity index (χ1n) is 5.84. The zero-order valence-corrected chi connectivity index (χ0v) is 12.3. The van der Waals surface area contributed by atoms with Crippen molar-refractivity contribution in [1.82, 2.24) is 0 Å². The molecule has 0 radical (unpaired) electrons. The zero-order valence-electron chi connectivity index (χ0n) is 10.7. The summed E-state index contributed by atoms with van der Waals surface area (Å²) in [5.41, 5.74) is -0.997. The van der Waals surface area contributed by atoms with Crippen molar-refractivity contribution < 1.29 is 23.5 Å². The molecule has 0 saturated heterocycles. The third kappa shape index (κ3) is 2.42. The highest BCUT2D eigenvalue weighted by Crippen LogP contribution is 2.58. The second-order valence-electron chi connectivity index (χ2n) is 5.35. The van der Waals surface area contributed by atoms with Crippen LogP contribution in [0.1, 0.15) is 13.8 Å². The number of hydrogen-bond donors (Lipinski definition) is 2. The van der Waals surface area contributed by atoms with Gasteiger partial charge >= 0.3 is 5.97 Å². The largest absolute Gasteiger partial charge is 0.481 e. The van der Waals surface area contributed by atoms with E-state index in [0.29, 0.717) is 0 Å². The van der Waals surface area contributed by atoms with Gasteiger partial charge in [0.15, 0.2) is 0 Å². The van der Waals surface area contributed by atoms with Crippen molar-refractivity contribution in [3.8, 4) is 0 Å². The molecule has 1 amide bonds. The maximum atomic E-state index is 13.6. The maximum absolute atomic E-state index is 13.6. The summed E-state index contributed by atoms with van der Waals surface area (Å²) in [5, 5.41) is 11.2. The Morgan fingerprint density at radius 3 is 2.35 bits per heavy atom. The minimum absolute atomic E-state index is 0.0526. The van der Waals surface area contributed by atoms with Gasteiger partial charge in [-0.3, -0.25) is 9.59 Å². The summed E-state index contributed by atoms with van der Waals surface area (Å²) in [6, 6.07) is 1.75. The monoisotopic (exact) mass is 347 g/mol. The molecule has 1 aromatic rings. The zero-order chi connectivity index (χ0) is 15.2. The predicted octanol–water partition coefficient (Wildman–Crippen LogP) is 3.02. The molecule has 2 N–H and O–H groups in total. The Kier molecular flexibility index (Phi) is 3.58. The number of halogens is 3. The van der Waals surface area contributed by atoms with Crippen LogP contribution in [0.15, 0.2) is 16.6 Å². The van der Waals surface area contributed by atoms with E-state index in [4.69, 9.17) is 5.11 Å². The summed E-state index contributed by atoms with van der Waals surface area (Å²) in [6.45, 7) is 3.29. The molecule has 1 aliphatic rings. The van der Waals surface area contributed by atoms with Crippen LogP contribution in [0.5, 0.6) is 0 Å². The van der Waals surface area contributed by atoms with Gasteiger partial charge in [-0.1, -0.05) is 13.8 Å². The third-order valence-electron chi connectivity index (χ3n) is 3.64. The summed E-state index contributed by atoms with van der Waals surface area (Å²) < 4.78 is 26.9. The highest BCUT2D eigenvalue weighted by Gasteiger charge is 2.65. The van der Waals surface area contributed by atoms with Crippen LogP contribution in [0.25, 0.3) is 0 Å². The Morgan fingerprint density at radius 1 is 1.25 bits per heavy atom. The van der Waals surface area contributed by atoms with Gasteiger partial charge in [-0.25, -0.2) is 8.78 Å². The first kappa shape index (κ1) is 14.9. The predicted molar refractivity (Wildman–Crippen MR) is 71.1 cm³/mol. The summed E-state index contributed by atoms with van der Waals surface area (Å²) in [5.74, 6) is -4.78. The molecule has 1 fully saturated rings. The molecule has 0 aliphatic heterocycles. The summed E-state index contributed by atoms with van der Waals surface area (Å²) in [6.07, 6.45) is 0. The lowest BCUT2D eigenvalue weighted by molar-refractivity contribution is -0.140. The number of carboxylic acid groups (broad SMARTS) is 1. The van der Waals surface area contributed by atoms with E-state index in [1.165, 1.54) is 0 Å². The molecule has 2 rings (SSSR count). The number of aliphatic carboxylic acids is 1. The average Bonchev–Trinajstić information content (AvgIpc) is 2.89. The fraction of sp³-hybridized carbons (Fsp3) is 0.385. The number of amides is 1. The van der Waals surface area contributed by atoms with Crippen LogP contribution >= 0.6 is 15.9 Å². The van der Waals surface area contributed by atoms with Crippen LogP contribution < -0.4 is 5.32 Å². The third-order valence-corrected chi connectivity index (χ3v) is 4.25. The van der Waals surface area contributed by atoms with Crippen LogP contribution in [0.4, 0.5) is 14.5 Å². The van der Waals surface area contributed by atoms with Crippen molar-refractivity contribution >= 4 is 33.5 Å². The maximum Gasteiger partial charge on any atom is 0.307 e. The van der Waals surface area contributed by atoms with Crippen molar-refractivity contribution in [3.63, 3.8) is 0 Å². The number of carbonyl (C=O) groups is 2. The summed E-state index contributed by atoms with van der Waals surface area (Å²) in [4.78, 5) is 23.0. The lowest BCUT2D eigenvalue weighted by Crippen LogP contribution is -2.18. The molecule has 0 spiro atoms. The van der Waals surface area contributed by atoms with Crippen molar-refractivity contribution in [2.45, 2.75) is 13.8 Å². The normalized spacial score (nSPS) is 23.2. The summed E-state index contributed by atoms with van der Waals surface area (Å²) >= 11 is 2.83. The van der Waals surface area contributed by atoms with Crippen molar-refractivity contribution in [2.75, 3.05) is 5.32 Å². The number of benzene rings is 1. The molecule has 20 heavy (non-hydrogen) atoms. The Bertz CT molecular complexity index is 604. The van der Waals surface area contributed by atoms with Gasteiger partial charge in [0.25, 0.3) is 0 Å². The second-order valence-corrected chi connectivity index (χ2v) is 6.20. The van der Waals surface area contributed by atoms with E-state index < -0.39 is 40.8 Å². The second kappa shape index (κ2) is 4.80. The van der Waals surface area contributed by atoms with E-state index in [2.05, 4.69) is 21.2 Å². The molecule has 7 heteroatoms. The molecule has 2 unspecified atom stereocenters. The van der Waals surface area contributed by atoms with Crippen molar-refractivity contribution in [1.29, 1.82) is 0 Å². The number of hydrogen-bond acceptors (Lipinski definition) is 2. The Labute approximate surface area is 122 Å². The molecular formula is C13H12BrF2NO3. The van der Waals surface area contributed by atoms with Crippen LogP contribution in [-0.4, -0.2) is 17.0 Å².